The van der Waals surface area contributed by atoms with Crippen LogP contribution in [-0.4, -0.2) is 24.4 Å². The Labute approximate surface area is 152 Å². The molecule has 1 aromatic heterocycles. The van der Waals surface area contributed by atoms with Crippen molar-refractivity contribution in [1.29, 1.82) is 0 Å². The summed E-state index contributed by atoms with van der Waals surface area (Å²) < 4.78 is 5.05. The van der Waals surface area contributed by atoms with Crippen LogP contribution in [-0.2, 0) is 0 Å². The van der Waals surface area contributed by atoms with E-state index in [1.165, 1.54) is 6.26 Å². The summed E-state index contributed by atoms with van der Waals surface area (Å²) in [6, 6.07) is 10.2. The second kappa shape index (κ2) is 8.69. The molecular weight excluding hydrogens is 342 g/mol. The molecule has 25 heavy (non-hydrogen) atoms. The zero-order chi connectivity index (χ0) is 16.9. The number of amides is 2. The third kappa shape index (κ3) is 4.61. The highest BCUT2D eigenvalue weighted by atomic mass is 35.5. The zero-order valence-electron chi connectivity index (χ0n) is 13.7. The Morgan fingerprint density at radius 1 is 1.16 bits per heavy atom. The fourth-order valence-corrected chi connectivity index (χ4v) is 3.10. The van der Waals surface area contributed by atoms with Crippen LogP contribution in [0, 0.1) is 5.92 Å². The molecule has 1 saturated carbocycles. The number of furan rings is 1. The first-order chi connectivity index (χ1) is 11.7. The molecule has 2 atom stereocenters. The Hall–Kier alpha value is -2.31. The number of carbonyl (C=O) groups excluding carboxylic acids is 2. The Bertz CT molecular complexity index is 718. The third-order valence-corrected chi connectivity index (χ3v) is 4.41. The van der Waals surface area contributed by atoms with E-state index >= 15 is 0 Å². The molecule has 1 aromatic carbocycles. The summed E-state index contributed by atoms with van der Waals surface area (Å²) in [5.74, 6) is 0.0726. The van der Waals surface area contributed by atoms with Crippen molar-refractivity contribution in [2.24, 2.45) is 11.7 Å². The minimum atomic E-state index is -0.350. The molecule has 4 N–H and O–H groups in total. The van der Waals surface area contributed by atoms with Crippen LogP contribution in [0.1, 0.15) is 40.2 Å². The van der Waals surface area contributed by atoms with Crippen LogP contribution in [0.5, 0.6) is 0 Å². The van der Waals surface area contributed by atoms with Gasteiger partial charge in [-0.15, -0.1) is 12.4 Å². The van der Waals surface area contributed by atoms with E-state index in [4.69, 9.17) is 10.2 Å². The highest BCUT2D eigenvalue weighted by molar-refractivity contribution is 6.03. The van der Waals surface area contributed by atoms with Gasteiger partial charge in [-0.25, -0.2) is 0 Å². The lowest BCUT2D eigenvalue weighted by molar-refractivity contribution is 0.0927. The number of nitrogens with one attached hydrogen (secondary N) is 2. The fourth-order valence-electron chi connectivity index (χ4n) is 3.10. The lowest BCUT2D eigenvalue weighted by Crippen LogP contribution is -2.39. The van der Waals surface area contributed by atoms with Gasteiger partial charge in [0.05, 0.1) is 6.26 Å². The van der Waals surface area contributed by atoms with E-state index in [-0.39, 0.29) is 36.0 Å². The standard InChI is InChI=1S/C18H21N3O3.ClH/c19-11-13-5-2-7-15(13)21-17(22)12-4-1-6-14(10-12)20-18(23)16-8-3-9-24-16;/h1,3-4,6,8-10,13,15H,2,5,7,11,19H2,(H,20,23)(H,21,22);1H. The summed E-state index contributed by atoms with van der Waals surface area (Å²) in [5.41, 5.74) is 6.81. The Kier molecular flexibility index (Phi) is 6.61. The van der Waals surface area contributed by atoms with Gasteiger partial charge in [0.25, 0.3) is 11.8 Å². The zero-order valence-corrected chi connectivity index (χ0v) is 14.6. The molecule has 1 heterocycles. The SMILES string of the molecule is Cl.NCC1CCCC1NC(=O)c1cccc(NC(=O)c2ccco2)c1. The van der Waals surface area contributed by atoms with Gasteiger partial charge in [-0.1, -0.05) is 12.5 Å². The van der Waals surface area contributed by atoms with Gasteiger partial charge >= 0.3 is 0 Å². The summed E-state index contributed by atoms with van der Waals surface area (Å²) in [4.78, 5) is 24.4. The van der Waals surface area contributed by atoms with Gasteiger partial charge in [-0.05, 0) is 55.6 Å². The second-order valence-electron chi connectivity index (χ2n) is 6.02. The van der Waals surface area contributed by atoms with Gasteiger partial charge in [0.1, 0.15) is 0 Å². The number of halogens is 1. The largest absolute Gasteiger partial charge is 0.459 e. The molecule has 1 aliphatic rings. The maximum atomic E-state index is 12.4. The molecular formula is C18H22ClN3O3. The molecule has 1 aliphatic carbocycles. The van der Waals surface area contributed by atoms with Crippen molar-refractivity contribution < 1.29 is 14.0 Å². The van der Waals surface area contributed by atoms with Crippen molar-refractivity contribution >= 4 is 29.9 Å². The summed E-state index contributed by atoms with van der Waals surface area (Å²) in [6.07, 6.45) is 4.55. The summed E-state index contributed by atoms with van der Waals surface area (Å²) >= 11 is 0. The summed E-state index contributed by atoms with van der Waals surface area (Å²) in [6.45, 7) is 0.587. The number of hydrogen-bond acceptors (Lipinski definition) is 4. The quantitative estimate of drug-likeness (QED) is 0.760. The number of benzene rings is 1. The van der Waals surface area contributed by atoms with Gasteiger partial charge in [-0.2, -0.15) is 0 Å². The average molecular weight is 364 g/mol. The predicted octanol–water partition coefficient (Wildman–Crippen LogP) is 2.81. The second-order valence-corrected chi connectivity index (χ2v) is 6.02. The van der Waals surface area contributed by atoms with Crippen molar-refractivity contribution in [2.45, 2.75) is 25.3 Å². The van der Waals surface area contributed by atoms with Crippen LogP contribution in [0.15, 0.2) is 47.1 Å². The van der Waals surface area contributed by atoms with Gasteiger partial charge in [0.2, 0.25) is 0 Å². The molecule has 0 saturated heterocycles. The van der Waals surface area contributed by atoms with Gasteiger partial charge in [0.15, 0.2) is 5.76 Å². The van der Waals surface area contributed by atoms with Crippen LogP contribution < -0.4 is 16.4 Å². The van der Waals surface area contributed by atoms with E-state index in [2.05, 4.69) is 10.6 Å². The van der Waals surface area contributed by atoms with Crippen molar-refractivity contribution in [2.75, 3.05) is 11.9 Å². The van der Waals surface area contributed by atoms with E-state index < -0.39 is 0 Å². The topological polar surface area (TPSA) is 97.4 Å². The minimum Gasteiger partial charge on any atom is -0.459 e. The summed E-state index contributed by atoms with van der Waals surface area (Å²) in [5, 5.41) is 5.77. The Morgan fingerprint density at radius 3 is 2.72 bits per heavy atom. The minimum absolute atomic E-state index is 0. The molecule has 2 aromatic rings. The Morgan fingerprint density at radius 2 is 2.00 bits per heavy atom. The van der Waals surface area contributed by atoms with E-state index in [0.717, 1.165) is 19.3 Å². The molecule has 134 valence electrons. The van der Waals surface area contributed by atoms with Crippen LogP contribution in [0.3, 0.4) is 0 Å². The molecule has 6 nitrogen and oxygen atoms in total. The summed E-state index contributed by atoms with van der Waals surface area (Å²) in [7, 11) is 0. The molecule has 7 heteroatoms. The van der Waals surface area contributed by atoms with Gasteiger partial charge in [0, 0.05) is 17.3 Å². The third-order valence-electron chi connectivity index (χ3n) is 4.41. The molecule has 1 fully saturated rings. The molecule has 0 aliphatic heterocycles. The van der Waals surface area contributed by atoms with Crippen molar-refractivity contribution in [3.05, 3.63) is 54.0 Å². The first-order valence-electron chi connectivity index (χ1n) is 8.13. The van der Waals surface area contributed by atoms with Gasteiger partial charge < -0.3 is 20.8 Å². The fraction of sp³-hybridized carbons (Fsp3) is 0.333. The first kappa shape index (κ1) is 19.0. The first-order valence-corrected chi connectivity index (χ1v) is 8.13. The average Bonchev–Trinajstić information content (AvgIpc) is 3.26. The van der Waals surface area contributed by atoms with Crippen molar-refractivity contribution in [3.8, 4) is 0 Å². The molecule has 3 rings (SSSR count). The number of hydrogen-bond donors (Lipinski definition) is 3. The highest BCUT2D eigenvalue weighted by Crippen LogP contribution is 2.25. The van der Waals surface area contributed by atoms with E-state index in [0.29, 0.717) is 23.7 Å². The van der Waals surface area contributed by atoms with Crippen LogP contribution in [0.25, 0.3) is 0 Å². The van der Waals surface area contributed by atoms with Crippen LogP contribution in [0.4, 0.5) is 5.69 Å². The van der Waals surface area contributed by atoms with Crippen LogP contribution >= 0.6 is 12.4 Å². The number of nitrogens with two attached hydrogens (primary N) is 1. The van der Waals surface area contributed by atoms with E-state index in [9.17, 15) is 9.59 Å². The maximum absolute atomic E-state index is 12.4. The highest BCUT2D eigenvalue weighted by Gasteiger charge is 2.27. The van der Waals surface area contributed by atoms with Crippen molar-refractivity contribution in [3.63, 3.8) is 0 Å². The van der Waals surface area contributed by atoms with Crippen molar-refractivity contribution in [1.82, 2.24) is 5.32 Å². The lowest BCUT2D eigenvalue weighted by atomic mass is 10.0. The number of carbonyl (C=O) groups is 2. The Balaban J connectivity index is 0.00000225. The predicted molar refractivity (Wildman–Crippen MR) is 98.0 cm³/mol. The molecule has 2 amide bonds. The normalized spacial score (nSPS) is 19.1. The monoisotopic (exact) mass is 363 g/mol. The molecule has 2 unspecified atom stereocenters. The number of rotatable bonds is 5. The molecule has 0 bridgehead atoms. The van der Waals surface area contributed by atoms with E-state index in [1.54, 1.807) is 36.4 Å². The van der Waals surface area contributed by atoms with Crippen LogP contribution in [0.2, 0.25) is 0 Å². The molecule has 0 spiro atoms. The number of anilines is 1. The van der Waals surface area contributed by atoms with Gasteiger partial charge in [-0.3, -0.25) is 9.59 Å². The van der Waals surface area contributed by atoms with E-state index in [1.807, 2.05) is 0 Å². The maximum Gasteiger partial charge on any atom is 0.291 e. The molecule has 0 radical (unpaired) electrons. The lowest BCUT2D eigenvalue weighted by Gasteiger charge is -2.19. The smallest absolute Gasteiger partial charge is 0.291 e.